The zero-order chi connectivity index (χ0) is 45.8. The molecule has 1 atom stereocenters. The van der Waals surface area contributed by atoms with Crippen molar-refractivity contribution >= 4 is 17.9 Å². The van der Waals surface area contributed by atoms with Gasteiger partial charge in [-0.1, -0.05) is 230 Å². The maximum atomic E-state index is 12.8. The van der Waals surface area contributed by atoms with E-state index in [0.717, 1.165) is 83.5 Å². The molecule has 0 amide bonds. The molecule has 0 heterocycles. The number of carbonyl (C=O) groups is 3. The monoisotopic (exact) mass is 883 g/mol. The Labute approximate surface area is 390 Å². The minimum atomic E-state index is -0.776. The molecule has 6 nitrogen and oxygen atoms in total. The third kappa shape index (κ3) is 50.2. The number of hydrogen-bond donors (Lipinski definition) is 0. The summed E-state index contributed by atoms with van der Waals surface area (Å²) in [5.74, 6) is -0.881. The van der Waals surface area contributed by atoms with Crippen molar-refractivity contribution in [1.82, 2.24) is 0 Å². The van der Waals surface area contributed by atoms with Gasteiger partial charge >= 0.3 is 17.9 Å². The first-order valence-electron chi connectivity index (χ1n) is 27.1. The summed E-state index contributed by atoms with van der Waals surface area (Å²) in [6.45, 7) is 6.52. The van der Waals surface area contributed by atoms with Crippen LogP contribution in [0.4, 0.5) is 0 Å². The van der Waals surface area contributed by atoms with Gasteiger partial charge in [-0.2, -0.15) is 0 Å². The zero-order valence-electron chi connectivity index (χ0n) is 41.8. The smallest absolute Gasteiger partial charge is 0.306 e. The number of esters is 3. The van der Waals surface area contributed by atoms with Crippen LogP contribution in [0.15, 0.2) is 48.6 Å². The molecule has 0 aliphatic carbocycles. The molecule has 0 aliphatic rings. The summed E-state index contributed by atoms with van der Waals surface area (Å²) in [5.41, 5.74) is 0. The second-order valence-corrected chi connectivity index (χ2v) is 18.1. The second-order valence-electron chi connectivity index (χ2n) is 18.1. The highest BCUT2D eigenvalue weighted by molar-refractivity contribution is 5.71. The molecule has 6 heteroatoms. The molecule has 0 spiro atoms. The van der Waals surface area contributed by atoms with Crippen LogP contribution in [0, 0.1) is 0 Å². The Balaban J connectivity index is 4.32. The van der Waals surface area contributed by atoms with Gasteiger partial charge in [-0.25, -0.2) is 0 Å². The molecule has 0 aliphatic heterocycles. The molecule has 0 radical (unpaired) electrons. The van der Waals surface area contributed by atoms with E-state index in [-0.39, 0.29) is 31.1 Å². The number of ether oxygens (including phenoxy) is 3. The molecular formula is C57H102O6. The predicted molar refractivity (Wildman–Crippen MR) is 270 cm³/mol. The fourth-order valence-electron chi connectivity index (χ4n) is 7.75. The molecule has 366 valence electrons. The van der Waals surface area contributed by atoms with Crippen molar-refractivity contribution in [2.75, 3.05) is 13.2 Å². The molecule has 1 unspecified atom stereocenters. The average molecular weight is 883 g/mol. The van der Waals surface area contributed by atoms with Crippen LogP contribution in [0.2, 0.25) is 0 Å². The van der Waals surface area contributed by atoms with E-state index < -0.39 is 6.10 Å². The lowest BCUT2D eigenvalue weighted by Gasteiger charge is -2.18. The fraction of sp³-hybridized carbons (Fsp3) is 0.807. The number of hydrogen-bond acceptors (Lipinski definition) is 6. The van der Waals surface area contributed by atoms with Crippen molar-refractivity contribution in [1.29, 1.82) is 0 Å². The molecule has 0 N–H and O–H groups in total. The first kappa shape index (κ1) is 60.4. The molecule has 0 bridgehead atoms. The van der Waals surface area contributed by atoms with Crippen molar-refractivity contribution in [3.63, 3.8) is 0 Å². The number of carbonyl (C=O) groups excluding carboxylic acids is 3. The lowest BCUT2D eigenvalue weighted by atomic mass is 10.1. The highest BCUT2D eigenvalue weighted by Crippen LogP contribution is 2.15. The van der Waals surface area contributed by atoms with E-state index in [1.54, 1.807) is 0 Å². The van der Waals surface area contributed by atoms with E-state index >= 15 is 0 Å². The van der Waals surface area contributed by atoms with Gasteiger partial charge in [0.2, 0.25) is 0 Å². The van der Waals surface area contributed by atoms with Gasteiger partial charge in [0.15, 0.2) is 6.10 Å². The summed E-state index contributed by atoms with van der Waals surface area (Å²) in [6.07, 6.45) is 62.4. The first-order chi connectivity index (χ1) is 31.0. The van der Waals surface area contributed by atoms with Crippen molar-refractivity contribution in [2.24, 2.45) is 0 Å². The van der Waals surface area contributed by atoms with Crippen LogP contribution in [0.25, 0.3) is 0 Å². The van der Waals surface area contributed by atoms with Gasteiger partial charge < -0.3 is 14.2 Å². The maximum absolute atomic E-state index is 12.8. The molecule has 0 aromatic heterocycles. The van der Waals surface area contributed by atoms with Crippen molar-refractivity contribution < 1.29 is 28.6 Å². The lowest BCUT2D eigenvalue weighted by Crippen LogP contribution is -2.30. The third-order valence-electron chi connectivity index (χ3n) is 11.8. The summed E-state index contributed by atoms with van der Waals surface area (Å²) in [7, 11) is 0. The molecule has 0 saturated carbocycles. The van der Waals surface area contributed by atoms with E-state index in [2.05, 4.69) is 69.4 Å². The summed E-state index contributed by atoms with van der Waals surface area (Å²) < 4.78 is 16.8. The molecule has 0 rings (SSSR count). The number of rotatable bonds is 49. The van der Waals surface area contributed by atoms with Crippen LogP contribution in [-0.2, 0) is 28.6 Å². The Bertz CT molecular complexity index is 1110. The van der Waals surface area contributed by atoms with Gasteiger partial charge in [-0.05, 0) is 77.0 Å². The van der Waals surface area contributed by atoms with Gasteiger partial charge in [0.05, 0.1) is 0 Å². The highest BCUT2D eigenvalue weighted by atomic mass is 16.6. The lowest BCUT2D eigenvalue weighted by molar-refractivity contribution is -0.167. The summed E-state index contributed by atoms with van der Waals surface area (Å²) in [4.78, 5) is 38.0. The van der Waals surface area contributed by atoms with E-state index in [4.69, 9.17) is 14.2 Å². The van der Waals surface area contributed by atoms with Gasteiger partial charge in [0, 0.05) is 19.3 Å². The molecule has 0 saturated heterocycles. The Morgan fingerprint density at radius 3 is 0.984 bits per heavy atom. The van der Waals surface area contributed by atoms with Crippen molar-refractivity contribution in [3.8, 4) is 0 Å². The van der Waals surface area contributed by atoms with Gasteiger partial charge in [-0.15, -0.1) is 0 Å². The molecule has 63 heavy (non-hydrogen) atoms. The van der Waals surface area contributed by atoms with Crippen LogP contribution >= 0.6 is 0 Å². The van der Waals surface area contributed by atoms with Crippen molar-refractivity contribution in [2.45, 2.75) is 284 Å². The maximum Gasteiger partial charge on any atom is 0.306 e. The van der Waals surface area contributed by atoms with Crippen LogP contribution in [-0.4, -0.2) is 37.2 Å². The van der Waals surface area contributed by atoms with E-state index in [9.17, 15) is 14.4 Å². The van der Waals surface area contributed by atoms with Crippen LogP contribution in [0.5, 0.6) is 0 Å². The summed E-state index contributed by atoms with van der Waals surface area (Å²) >= 11 is 0. The number of unbranched alkanes of at least 4 members (excludes halogenated alkanes) is 30. The predicted octanol–water partition coefficient (Wildman–Crippen LogP) is 17.9. The number of allylic oxidation sites excluding steroid dienone is 8. The van der Waals surface area contributed by atoms with Gasteiger partial charge in [0.1, 0.15) is 13.2 Å². The standard InChI is InChI=1S/C57H102O6/c1-4-7-10-13-16-19-22-24-26-28-29-30-32-33-35-38-41-44-47-50-56(59)62-53-54(52-61-55(58)49-46-43-40-37-21-18-15-12-9-6-3)63-57(60)51-48-45-42-39-36-34-31-27-25-23-20-17-14-11-8-5-2/h7,10,16,19,24,26-27,31,54H,4-6,8-9,11-15,17-18,20-23,25,28-30,32-53H2,1-3H3/b10-7-,19-16-,26-24-,31-27-. The van der Waals surface area contributed by atoms with E-state index in [1.807, 2.05) is 0 Å². The van der Waals surface area contributed by atoms with Crippen molar-refractivity contribution in [3.05, 3.63) is 48.6 Å². The van der Waals surface area contributed by atoms with Gasteiger partial charge in [-0.3, -0.25) is 14.4 Å². The van der Waals surface area contributed by atoms with E-state index in [1.165, 1.54) is 154 Å². The Morgan fingerprint density at radius 1 is 0.333 bits per heavy atom. The fourth-order valence-corrected chi connectivity index (χ4v) is 7.75. The minimum absolute atomic E-state index is 0.0756. The minimum Gasteiger partial charge on any atom is -0.462 e. The van der Waals surface area contributed by atoms with Crippen LogP contribution < -0.4 is 0 Å². The molecule has 0 aromatic rings. The SMILES string of the molecule is CC/C=C\C/C=C\C/C=C\CCCCCCCCCCCC(=O)OCC(COC(=O)CCCCCCCCCCCC)OC(=O)CCCCCCC/C=C\CCCCCCCCC. The molecule has 0 aromatic carbocycles. The van der Waals surface area contributed by atoms with Gasteiger partial charge in [0.25, 0.3) is 0 Å². The largest absolute Gasteiger partial charge is 0.462 e. The average Bonchev–Trinajstić information content (AvgIpc) is 3.28. The highest BCUT2D eigenvalue weighted by Gasteiger charge is 2.19. The van der Waals surface area contributed by atoms with Crippen LogP contribution in [0.1, 0.15) is 278 Å². The van der Waals surface area contributed by atoms with E-state index in [0.29, 0.717) is 19.3 Å². The zero-order valence-corrected chi connectivity index (χ0v) is 41.8. The normalized spacial score (nSPS) is 12.4. The first-order valence-corrected chi connectivity index (χ1v) is 27.1. The summed E-state index contributed by atoms with van der Waals surface area (Å²) in [6, 6.07) is 0. The molecular weight excluding hydrogens is 781 g/mol. The Morgan fingerprint density at radius 2 is 0.619 bits per heavy atom. The Hall–Kier alpha value is -2.63. The summed E-state index contributed by atoms with van der Waals surface area (Å²) in [5, 5.41) is 0. The quantitative estimate of drug-likeness (QED) is 0.0262. The molecule has 0 fully saturated rings. The Kier molecular flexibility index (Phi) is 49.8. The van der Waals surface area contributed by atoms with Crippen LogP contribution in [0.3, 0.4) is 0 Å². The topological polar surface area (TPSA) is 78.9 Å². The second kappa shape index (κ2) is 52.0. The third-order valence-corrected chi connectivity index (χ3v) is 11.8.